The number of hydrogen-bond donors (Lipinski definition) is 0. The summed E-state index contributed by atoms with van der Waals surface area (Å²) in [4.78, 5) is 29.6. The molecule has 3 aromatic carbocycles. The number of likely N-dealkylation sites (tertiary alicyclic amines) is 1. The first kappa shape index (κ1) is 24.3. The van der Waals surface area contributed by atoms with Gasteiger partial charge in [-0.1, -0.05) is 29.8 Å². The lowest BCUT2D eigenvalue weighted by molar-refractivity contribution is 0.0600. The van der Waals surface area contributed by atoms with Crippen molar-refractivity contribution >= 4 is 29.2 Å². The van der Waals surface area contributed by atoms with Gasteiger partial charge in [0.1, 0.15) is 5.75 Å². The molecular weight excluding hydrogens is 476 g/mol. The monoisotopic (exact) mass is 504 g/mol. The van der Waals surface area contributed by atoms with Crippen LogP contribution < -0.4 is 9.64 Å². The van der Waals surface area contributed by atoms with E-state index in [1.807, 2.05) is 53.4 Å². The molecule has 0 saturated carbocycles. The van der Waals surface area contributed by atoms with Crippen LogP contribution in [0.25, 0.3) is 0 Å². The zero-order valence-electron chi connectivity index (χ0n) is 20.5. The van der Waals surface area contributed by atoms with Gasteiger partial charge < -0.3 is 14.4 Å². The number of carbonyl (C=O) groups excluding carboxylic acids is 2. The minimum Gasteiger partial charge on any atom is -0.497 e. The molecule has 5 rings (SSSR count). The van der Waals surface area contributed by atoms with Crippen LogP contribution in [0.4, 0.5) is 5.69 Å². The van der Waals surface area contributed by atoms with Crippen molar-refractivity contribution in [1.82, 2.24) is 4.90 Å². The summed E-state index contributed by atoms with van der Waals surface area (Å²) in [5.41, 5.74) is 4.31. The number of rotatable bonds is 5. The summed E-state index contributed by atoms with van der Waals surface area (Å²) in [6, 6.07) is 20.7. The Morgan fingerprint density at radius 2 is 1.69 bits per heavy atom. The van der Waals surface area contributed by atoms with Crippen LogP contribution in [0, 0.1) is 0 Å². The normalized spacial score (nSPS) is 16.6. The third kappa shape index (κ3) is 4.59. The fourth-order valence-electron chi connectivity index (χ4n) is 5.42. The van der Waals surface area contributed by atoms with Crippen LogP contribution in [-0.4, -0.2) is 50.6 Å². The van der Waals surface area contributed by atoms with E-state index in [1.165, 1.54) is 12.7 Å². The van der Waals surface area contributed by atoms with Crippen molar-refractivity contribution in [2.45, 2.75) is 24.8 Å². The number of carbonyl (C=O) groups is 2. The van der Waals surface area contributed by atoms with Gasteiger partial charge in [0, 0.05) is 34.8 Å². The van der Waals surface area contributed by atoms with Gasteiger partial charge in [-0.05, 0) is 85.6 Å². The molecule has 3 aromatic rings. The molecule has 0 atom stereocenters. The van der Waals surface area contributed by atoms with Crippen LogP contribution in [0.1, 0.15) is 44.7 Å². The first-order valence-electron chi connectivity index (χ1n) is 12.1. The van der Waals surface area contributed by atoms with E-state index in [4.69, 9.17) is 21.1 Å². The van der Waals surface area contributed by atoms with Gasteiger partial charge in [0.25, 0.3) is 5.91 Å². The quantitative estimate of drug-likeness (QED) is 0.439. The molecule has 2 aliphatic heterocycles. The minimum absolute atomic E-state index is 0.0334. The van der Waals surface area contributed by atoms with Crippen molar-refractivity contribution < 1.29 is 19.1 Å². The van der Waals surface area contributed by atoms with E-state index in [2.05, 4.69) is 11.0 Å². The van der Waals surface area contributed by atoms with Gasteiger partial charge in [0.05, 0.1) is 19.8 Å². The Hall–Kier alpha value is -3.35. The molecule has 186 valence electrons. The van der Waals surface area contributed by atoms with Gasteiger partial charge in [0.15, 0.2) is 0 Å². The topological polar surface area (TPSA) is 59.1 Å². The Morgan fingerprint density at radius 1 is 0.944 bits per heavy atom. The number of piperidine rings is 1. The number of methoxy groups -OCH3 is 2. The Labute approximate surface area is 216 Å². The molecular formula is C29H29ClN2O4. The van der Waals surface area contributed by atoms with Gasteiger partial charge >= 0.3 is 5.97 Å². The zero-order chi connectivity index (χ0) is 25.3. The van der Waals surface area contributed by atoms with Crippen LogP contribution >= 0.6 is 11.6 Å². The Kier molecular flexibility index (Phi) is 6.73. The summed E-state index contributed by atoms with van der Waals surface area (Å²) in [5, 5.41) is 0.553. The number of fused-ring (bicyclic) bond motifs is 2. The molecule has 6 nitrogen and oxygen atoms in total. The van der Waals surface area contributed by atoms with Crippen LogP contribution in [-0.2, 0) is 16.7 Å². The molecule has 0 N–H and O–H groups in total. The predicted molar refractivity (Wildman–Crippen MR) is 140 cm³/mol. The largest absolute Gasteiger partial charge is 0.497 e. The highest BCUT2D eigenvalue weighted by molar-refractivity contribution is 6.31. The van der Waals surface area contributed by atoms with Crippen molar-refractivity contribution in [3.05, 3.63) is 94.0 Å². The van der Waals surface area contributed by atoms with Crippen LogP contribution in [0.5, 0.6) is 5.75 Å². The van der Waals surface area contributed by atoms with Crippen LogP contribution in [0.2, 0.25) is 5.02 Å². The zero-order valence-corrected chi connectivity index (χ0v) is 21.3. The van der Waals surface area contributed by atoms with E-state index in [0.717, 1.165) is 49.5 Å². The Bertz CT molecular complexity index is 1280. The Balaban J connectivity index is 1.35. The molecule has 0 radical (unpaired) electrons. The average molecular weight is 505 g/mol. The second kappa shape index (κ2) is 9.96. The molecule has 0 unspecified atom stereocenters. The van der Waals surface area contributed by atoms with Gasteiger partial charge in [-0.25, -0.2) is 4.79 Å². The van der Waals surface area contributed by atoms with Crippen LogP contribution in [0.3, 0.4) is 0 Å². The van der Waals surface area contributed by atoms with Gasteiger partial charge in [-0.2, -0.15) is 0 Å². The maximum absolute atomic E-state index is 13.5. The predicted octanol–water partition coefficient (Wildman–Crippen LogP) is 5.33. The SMILES string of the molecule is COC(=O)c1ccc(CN2CCC3(CC2)CN(C(=O)c2cccc(Cl)c2)c2ccc(OC)cc23)cc1. The summed E-state index contributed by atoms with van der Waals surface area (Å²) in [7, 11) is 3.06. The summed E-state index contributed by atoms with van der Waals surface area (Å²) < 4.78 is 10.3. The number of ether oxygens (including phenoxy) is 2. The highest BCUT2D eigenvalue weighted by Gasteiger charge is 2.46. The van der Waals surface area contributed by atoms with Crippen molar-refractivity contribution in [2.24, 2.45) is 0 Å². The van der Waals surface area contributed by atoms with E-state index in [-0.39, 0.29) is 17.3 Å². The molecule has 0 aromatic heterocycles. The Morgan fingerprint density at radius 3 is 2.36 bits per heavy atom. The number of halogens is 1. The first-order valence-corrected chi connectivity index (χ1v) is 12.5. The number of benzene rings is 3. The summed E-state index contributed by atoms with van der Waals surface area (Å²) >= 11 is 6.18. The van der Waals surface area contributed by atoms with Gasteiger partial charge in [-0.3, -0.25) is 9.69 Å². The van der Waals surface area contributed by atoms with Crippen molar-refractivity contribution in [2.75, 3.05) is 38.8 Å². The van der Waals surface area contributed by atoms with Crippen molar-refractivity contribution in [3.63, 3.8) is 0 Å². The van der Waals surface area contributed by atoms with Crippen LogP contribution in [0.15, 0.2) is 66.7 Å². The molecule has 2 heterocycles. The lowest BCUT2D eigenvalue weighted by Gasteiger charge is -2.40. The van der Waals surface area contributed by atoms with E-state index < -0.39 is 0 Å². The number of anilines is 1. The highest BCUT2D eigenvalue weighted by Crippen LogP contribution is 2.48. The van der Waals surface area contributed by atoms with E-state index in [9.17, 15) is 9.59 Å². The lowest BCUT2D eigenvalue weighted by Crippen LogP contribution is -2.45. The number of nitrogens with zero attached hydrogens (tertiary/aromatic N) is 2. The standard InChI is InChI=1S/C29H29ClN2O4/c1-35-24-10-11-26-25(17-24)29(19-32(26)27(33)22-4-3-5-23(30)16-22)12-14-31(15-13-29)18-20-6-8-21(9-7-20)28(34)36-2/h3-11,16-17H,12-15,18-19H2,1-2H3. The fourth-order valence-corrected chi connectivity index (χ4v) is 5.61. The molecule has 1 spiro atoms. The molecule has 1 amide bonds. The second-order valence-electron chi connectivity index (χ2n) is 9.53. The summed E-state index contributed by atoms with van der Waals surface area (Å²) in [5.74, 6) is 0.445. The van der Waals surface area contributed by atoms with Gasteiger partial charge in [-0.15, -0.1) is 0 Å². The molecule has 0 aliphatic carbocycles. The lowest BCUT2D eigenvalue weighted by atomic mass is 9.74. The molecule has 36 heavy (non-hydrogen) atoms. The molecule has 7 heteroatoms. The summed E-state index contributed by atoms with van der Waals surface area (Å²) in [6.07, 6.45) is 1.87. The number of amides is 1. The first-order chi connectivity index (χ1) is 17.4. The highest BCUT2D eigenvalue weighted by atomic mass is 35.5. The van der Waals surface area contributed by atoms with Crippen molar-refractivity contribution in [1.29, 1.82) is 0 Å². The van der Waals surface area contributed by atoms with E-state index in [1.54, 1.807) is 19.2 Å². The maximum atomic E-state index is 13.5. The second-order valence-corrected chi connectivity index (χ2v) is 9.97. The molecule has 1 fully saturated rings. The molecule has 2 aliphatic rings. The molecule has 0 bridgehead atoms. The summed E-state index contributed by atoms with van der Waals surface area (Å²) in [6.45, 7) is 3.28. The smallest absolute Gasteiger partial charge is 0.337 e. The van der Waals surface area contributed by atoms with E-state index in [0.29, 0.717) is 22.7 Å². The number of hydrogen-bond acceptors (Lipinski definition) is 5. The maximum Gasteiger partial charge on any atom is 0.337 e. The number of esters is 1. The van der Waals surface area contributed by atoms with Crippen molar-refractivity contribution in [3.8, 4) is 5.75 Å². The van der Waals surface area contributed by atoms with E-state index >= 15 is 0 Å². The molecule has 1 saturated heterocycles. The fraction of sp³-hybridized carbons (Fsp3) is 0.310. The van der Waals surface area contributed by atoms with Gasteiger partial charge in [0.2, 0.25) is 0 Å². The average Bonchev–Trinajstić information content (AvgIpc) is 3.22. The third-order valence-corrected chi connectivity index (χ3v) is 7.67. The minimum atomic E-state index is -0.325. The third-order valence-electron chi connectivity index (χ3n) is 7.44.